The van der Waals surface area contributed by atoms with Crippen molar-refractivity contribution in [1.82, 2.24) is 10.6 Å². The van der Waals surface area contributed by atoms with Gasteiger partial charge in [-0.25, -0.2) is 4.39 Å². The number of nitrogens with one attached hydrogen (secondary N) is 2. The predicted octanol–water partition coefficient (Wildman–Crippen LogP) is 3.95. The van der Waals surface area contributed by atoms with Gasteiger partial charge in [0.05, 0.1) is 0 Å². The molecule has 3 rings (SSSR count). The molecule has 2 atom stereocenters. The van der Waals surface area contributed by atoms with Crippen molar-refractivity contribution in [3.8, 4) is 0 Å². The molecule has 2 aromatic carbocycles. The third kappa shape index (κ3) is 4.82. The number of amides is 2. The molecule has 136 valence electrons. The summed E-state index contributed by atoms with van der Waals surface area (Å²) >= 11 is 5.93. The van der Waals surface area contributed by atoms with E-state index < -0.39 is 0 Å². The lowest BCUT2D eigenvalue weighted by Crippen LogP contribution is -2.45. The molecule has 0 radical (unpaired) electrons. The first kappa shape index (κ1) is 18.4. The van der Waals surface area contributed by atoms with Crippen LogP contribution in [0.4, 0.5) is 4.39 Å². The van der Waals surface area contributed by atoms with Crippen LogP contribution < -0.4 is 10.6 Å². The molecule has 0 aromatic heterocycles. The Labute approximate surface area is 156 Å². The van der Waals surface area contributed by atoms with Crippen molar-refractivity contribution >= 4 is 23.4 Å². The molecule has 2 aromatic rings. The van der Waals surface area contributed by atoms with E-state index >= 15 is 0 Å². The zero-order valence-corrected chi connectivity index (χ0v) is 14.9. The summed E-state index contributed by atoms with van der Waals surface area (Å²) in [5.74, 6) is -0.761. The quantitative estimate of drug-likeness (QED) is 0.851. The number of benzene rings is 2. The first-order chi connectivity index (χ1) is 12.5. The third-order valence-electron chi connectivity index (χ3n) is 4.54. The molecule has 1 aliphatic carbocycles. The Hall–Kier alpha value is -2.40. The van der Waals surface area contributed by atoms with E-state index in [1.54, 1.807) is 24.3 Å². The molecule has 0 saturated heterocycles. The highest BCUT2D eigenvalue weighted by Crippen LogP contribution is 2.20. The Bertz CT molecular complexity index is 795. The van der Waals surface area contributed by atoms with Crippen molar-refractivity contribution in [1.29, 1.82) is 0 Å². The minimum atomic E-state index is -0.372. The van der Waals surface area contributed by atoms with Gasteiger partial charge < -0.3 is 10.6 Å². The highest BCUT2D eigenvalue weighted by Gasteiger charge is 2.25. The molecular formula is C20H20ClFN2O2. The smallest absolute Gasteiger partial charge is 0.251 e. The lowest BCUT2D eigenvalue weighted by atomic mass is 9.90. The van der Waals surface area contributed by atoms with Gasteiger partial charge in [0.25, 0.3) is 11.8 Å². The minimum Gasteiger partial charge on any atom is -0.349 e. The van der Waals surface area contributed by atoms with Gasteiger partial charge in [-0.2, -0.15) is 0 Å². The van der Waals surface area contributed by atoms with Crippen LogP contribution in [0.25, 0.3) is 0 Å². The zero-order chi connectivity index (χ0) is 18.5. The Morgan fingerprint density at radius 1 is 0.923 bits per heavy atom. The number of hydrogen-bond donors (Lipinski definition) is 2. The molecule has 1 aliphatic rings. The monoisotopic (exact) mass is 374 g/mol. The maximum atomic E-state index is 13.0. The van der Waals surface area contributed by atoms with Crippen molar-refractivity contribution in [3.63, 3.8) is 0 Å². The first-order valence-corrected chi connectivity index (χ1v) is 9.02. The van der Waals surface area contributed by atoms with E-state index in [1.165, 1.54) is 24.3 Å². The molecule has 0 heterocycles. The number of carbonyl (C=O) groups is 2. The van der Waals surface area contributed by atoms with Gasteiger partial charge in [-0.1, -0.05) is 17.7 Å². The maximum absolute atomic E-state index is 13.0. The van der Waals surface area contributed by atoms with Crippen molar-refractivity contribution in [2.45, 2.75) is 37.8 Å². The molecule has 26 heavy (non-hydrogen) atoms. The van der Waals surface area contributed by atoms with Crippen LogP contribution in [0.2, 0.25) is 5.02 Å². The molecule has 0 aliphatic heterocycles. The molecule has 1 fully saturated rings. The molecule has 0 bridgehead atoms. The van der Waals surface area contributed by atoms with Gasteiger partial charge >= 0.3 is 0 Å². The molecular weight excluding hydrogens is 355 g/mol. The van der Waals surface area contributed by atoms with Gasteiger partial charge in [-0.05, 0) is 68.1 Å². The lowest BCUT2D eigenvalue weighted by molar-refractivity contribution is 0.0903. The van der Waals surface area contributed by atoms with Gasteiger partial charge in [-0.3, -0.25) is 9.59 Å². The van der Waals surface area contributed by atoms with Crippen molar-refractivity contribution in [3.05, 3.63) is 70.5 Å². The van der Waals surface area contributed by atoms with Crippen LogP contribution in [0.3, 0.4) is 0 Å². The molecule has 4 nitrogen and oxygen atoms in total. The van der Waals surface area contributed by atoms with Gasteiger partial charge in [0.15, 0.2) is 0 Å². The Balaban J connectivity index is 1.56. The van der Waals surface area contributed by atoms with E-state index in [1.807, 2.05) is 0 Å². The van der Waals surface area contributed by atoms with Crippen LogP contribution in [0.5, 0.6) is 0 Å². The van der Waals surface area contributed by atoms with E-state index in [2.05, 4.69) is 10.6 Å². The molecule has 6 heteroatoms. The predicted molar refractivity (Wildman–Crippen MR) is 98.8 cm³/mol. The van der Waals surface area contributed by atoms with E-state index in [0.717, 1.165) is 19.3 Å². The molecule has 0 spiro atoms. The Kier molecular flexibility index (Phi) is 5.89. The molecule has 0 unspecified atom stereocenters. The highest BCUT2D eigenvalue weighted by molar-refractivity contribution is 6.30. The fraction of sp³-hybridized carbons (Fsp3) is 0.300. The van der Waals surface area contributed by atoms with Gasteiger partial charge in [0.2, 0.25) is 0 Å². The van der Waals surface area contributed by atoms with Crippen LogP contribution >= 0.6 is 11.6 Å². The van der Waals surface area contributed by atoms with E-state index in [9.17, 15) is 14.0 Å². The Morgan fingerprint density at radius 2 is 1.54 bits per heavy atom. The fourth-order valence-electron chi connectivity index (χ4n) is 3.22. The molecule has 2 amide bonds. The fourth-order valence-corrected chi connectivity index (χ4v) is 3.41. The van der Waals surface area contributed by atoms with Crippen molar-refractivity contribution < 1.29 is 14.0 Å². The third-order valence-corrected chi connectivity index (χ3v) is 4.77. The second-order valence-electron chi connectivity index (χ2n) is 6.52. The lowest BCUT2D eigenvalue weighted by Gasteiger charge is -2.30. The Morgan fingerprint density at radius 3 is 2.15 bits per heavy atom. The van der Waals surface area contributed by atoms with Crippen molar-refractivity contribution in [2.24, 2.45) is 0 Å². The van der Waals surface area contributed by atoms with Crippen LogP contribution in [0.15, 0.2) is 48.5 Å². The second-order valence-corrected chi connectivity index (χ2v) is 6.96. The van der Waals surface area contributed by atoms with Crippen molar-refractivity contribution in [2.75, 3.05) is 0 Å². The standard InChI is InChI=1S/C20H20ClFN2O2/c21-15-4-1-3-14(11-15)20(26)24-18-6-2-5-17(12-18)23-19(25)13-7-9-16(22)10-8-13/h1,3-4,7-11,17-18H,2,5-6,12H2,(H,23,25)(H,24,26)/t17-,18-/m0/s1. The summed E-state index contributed by atoms with van der Waals surface area (Å²) in [5, 5.41) is 6.51. The summed E-state index contributed by atoms with van der Waals surface area (Å²) in [5.41, 5.74) is 0.950. The van der Waals surface area contributed by atoms with E-state index in [0.29, 0.717) is 22.6 Å². The summed E-state index contributed by atoms with van der Waals surface area (Å²) in [7, 11) is 0. The van der Waals surface area contributed by atoms with Crippen LogP contribution in [-0.2, 0) is 0 Å². The average Bonchev–Trinajstić information content (AvgIpc) is 2.62. The van der Waals surface area contributed by atoms with E-state index in [-0.39, 0.29) is 29.7 Å². The summed E-state index contributed by atoms with van der Waals surface area (Å²) in [6.07, 6.45) is 3.31. The number of carbonyl (C=O) groups excluding carboxylic acids is 2. The van der Waals surface area contributed by atoms with Gasteiger partial charge in [-0.15, -0.1) is 0 Å². The topological polar surface area (TPSA) is 58.2 Å². The first-order valence-electron chi connectivity index (χ1n) is 8.64. The maximum Gasteiger partial charge on any atom is 0.251 e. The number of halogens is 2. The van der Waals surface area contributed by atoms with E-state index in [4.69, 9.17) is 11.6 Å². The molecule has 1 saturated carbocycles. The second kappa shape index (κ2) is 8.32. The number of hydrogen-bond acceptors (Lipinski definition) is 2. The van der Waals surface area contributed by atoms with Crippen LogP contribution in [0, 0.1) is 5.82 Å². The number of rotatable bonds is 4. The summed E-state index contributed by atoms with van der Waals surface area (Å²) in [6.45, 7) is 0. The average molecular weight is 375 g/mol. The molecule has 2 N–H and O–H groups in total. The largest absolute Gasteiger partial charge is 0.349 e. The van der Waals surface area contributed by atoms with Crippen LogP contribution in [0.1, 0.15) is 46.4 Å². The van der Waals surface area contributed by atoms with Crippen LogP contribution in [-0.4, -0.2) is 23.9 Å². The minimum absolute atomic E-state index is 0.00579. The summed E-state index contributed by atoms with van der Waals surface area (Å²) in [4.78, 5) is 24.6. The summed E-state index contributed by atoms with van der Waals surface area (Å²) < 4.78 is 13.0. The SMILES string of the molecule is O=C(N[C@H]1CCC[C@H](NC(=O)c2cccc(Cl)c2)C1)c1ccc(F)cc1. The summed E-state index contributed by atoms with van der Waals surface area (Å²) in [6, 6.07) is 12.3. The highest BCUT2D eigenvalue weighted by atomic mass is 35.5. The zero-order valence-electron chi connectivity index (χ0n) is 14.2. The van der Waals surface area contributed by atoms with Gasteiger partial charge in [0.1, 0.15) is 5.82 Å². The normalized spacial score (nSPS) is 19.6. The van der Waals surface area contributed by atoms with Gasteiger partial charge in [0, 0.05) is 28.2 Å².